The average Bonchev–Trinajstić information content (AvgIpc) is 3.26. The summed E-state index contributed by atoms with van der Waals surface area (Å²) < 4.78 is 7.53. The van der Waals surface area contributed by atoms with Crippen LogP contribution in [0.2, 0.25) is 0 Å². The fourth-order valence-corrected chi connectivity index (χ4v) is 2.82. The van der Waals surface area contributed by atoms with Gasteiger partial charge >= 0.3 is 0 Å². The first kappa shape index (κ1) is 15.4. The summed E-state index contributed by atoms with van der Waals surface area (Å²) in [7, 11) is 0. The molecule has 3 aromatic rings. The summed E-state index contributed by atoms with van der Waals surface area (Å²) in [6.45, 7) is 4.94. The van der Waals surface area contributed by atoms with Gasteiger partial charge in [0.2, 0.25) is 11.8 Å². The van der Waals surface area contributed by atoms with Gasteiger partial charge in [0.05, 0.1) is 23.5 Å². The number of hydrogen-bond acceptors (Lipinski definition) is 6. The fraction of sp³-hybridized carbons (Fsp3) is 0.333. The molecular formula is C15H17N5O2S. The Balaban J connectivity index is 1.62. The zero-order valence-corrected chi connectivity index (χ0v) is 13.8. The Labute approximate surface area is 137 Å². The summed E-state index contributed by atoms with van der Waals surface area (Å²) in [5.74, 6) is 1.84. The van der Waals surface area contributed by atoms with Gasteiger partial charge in [-0.3, -0.25) is 4.79 Å². The van der Waals surface area contributed by atoms with Gasteiger partial charge in [-0.25, -0.2) is 4.98 Å². The van der Waals surface area contributed by atoms with Crippen molar-refractivity contribution in [3.8, 4) is 10.8 Å². The van der Waals surface area contributed by atoms with Crippen molar-refractivity contribution in [2.45, 2.75) is 33.4 Å². The lowest BCUT2D eigenvalue weighted by atomic mass is 10.2. The zero-order chi connectivity index (χ0) is 16.2. The van der Waals surface area contributed by atoms with Crippen molar-refractivity contribution in [2.75, 3.05) is 0 Å². The number of thiophene rings is 1. The van der Waals surface area contributed by atoms with Crippen molar-refractivity contribution in [1.29, 1.82) is 0 Å². The van der Waals surface area contributed by atoms with Gasteiger partial charge in [0.15, 0.2) is 5.82 Å². The Hall–Kier alpha value is -2.48. The van der Waals surface area contributed by atoms with Crippen LogP contribution in [0.25, 0.3) is 10.8 Å². The molecule has 1 amide bonds. The van der Waals surface area contributed by atoms with Crippen LogP contribution in [0.3, 0.4) is 0 Å². The maximum atomic E-state index is 12.1. The van der Waals surface area contributed by atoms with Gasteiger partial charge in [-0.05, 0) is 25.3 Å². The molecule has 8 heteroatoms. The summed E-state index contributed by atoms with van der Waals surface area (Å²) in [6.07, 6.45) is 1.83. The molecule has 0 saturated carbocycles. The van der Waals surface area contributed by atoms with Gasteiger partial charge < -0.3 is 14.3 Å². The Kier molecular flexibility index (Phi) is 4.52. The highest BCUT2D eigenvalue weighted by Crippen LogP contribution is 2.25. The molecule has 7 nitrogen and oxygen atoms in total. The number of aromatic nitrogens is 4. The molecule has 1 N–H and O–H groups in total. The second-order valence-electron chi connectivity index (χ2n) is 4.99. The minimum Gasteiger partial charge on any atom is -0.440 e. The number of nitrogens with one attached hydrogen (secondary N) is 1. The van der Waals surface area contributed by atoms with E-state index in [0.29, 0.717) is 23.9 Å². The van der Waals surface area contributed by atoms with Crippen molar-refractivity contribution in [1.82, 2.24) is 25.1 Å². The van der Waals surface area contributed by atoms with E-state index in [9.17, 15) is 4.79 Å². The number of oxazole rings is 1. The topological polar surface area (TPSA) is 85.8 Å². The largest absolute Gasteiger partial charge is 0.440 e. The minimum absolute atomic E-state index is 0.121. The second kappa shape index (κ2) is 6.74. The van der Waals surface area contributed by atoms with E-state index in [2.05, 4.69) is 20.5 Å². The zero-order valence-electron chi connectivity index (χ0n) is 12.9. The molecule has 0 saturated heterocycles. The summed E-state index contributed by atoms with van der Waals surface area (Å²) in [6, 6.07) is 3.88. The first-order chi connectivity index (χ1) is 11.2. The maximum Gasteiger partial charge on any atom is 0.236 e. The lowest BCUT2D eigenvalue weighted by Crippen LogP contribution is -2.26. The standard InChI is InChI=1S/C15H17N5O2S/c1-3-20-9-17-19-13(20)8-16-14(21)7-11-10(2)22-15(18-11)12-5-4-6-23-12/h4-6,9H,3,7-8H2,1-2H3,(H,16,21). The van der Waals surface area contributed by atoms with Gasteiger partial charge in [-0.15, -0.1) is 21.5 Å². The number of nitrogens with zero attached hydrogens (tertiary/aromatic N) is 4. The van der Waals surface area contributed by atoms with Gasteiger partial charge in [0.25, 0.3) is 0 Å². The van der Waals surface area contributed by atoms with Crippen LogP contribution in [-0.2, 0) is 24.3 Å². The van der Waals surface area contributed by atoms with Crippen LogP contribution in [0.15, 0.2) is 28.3 Å². The number of carbonyl (C=O) groups is 1. The SMILES string of the molecule is CCn1cnnc1CNC(=O)Cc1nc(-c2cccs2)oc1C. The van der Waals surface area contributed by atoms with Crippen LogP contribution in [0.1, 0.15) is 24.2 Å². The molecule has 23 heavy (non-hydrogen) atoms. The third kappa shape index (κ3) is 3.48. The summed E-state index contributed by atoms with van der Waals surface area (Å²) in [5.41, 5.74) is 0.655. The van der Waals surface area contributed by atoms with Crippen LogP contribution in [0.4, 0.5) is 0 Å². The predicted octanol–water partition coefficient (Wildman–Crippen LogP) is 2.18. The quantitative estimate of drug-likeness (QED) is 0.748. The molecule has 0 aliphatic carbocycles. The molecule has 3 aromatic heterocycles. The molecule has 0 aromatic carbocycles. The van der Waals surface area contributed by atoms with Gasteiger partial charge in [-0.1, -0.05) is 6.07 Å². The lowest BCUT2D eigenvalue weighted by molar-refractivity contribution is -0.120. The molecular weight excluding hydrogens is 314 g/mol. The van der Waals surface area contributed by atoms with E-state index in [1.807, 2.05) is 35.9 Å². The van der Waals surface area contributed by atoms with E-state index in [1.165, 1.54) is 0 Å². The van der Waals surface area contributed by atoms with E-state index in [1.54, 1.807) is 17.7 Å². The lowest BCUT2D eigenvalue weighted by Gasteiger charge is -2.05. The second-order valence-corrected chi connectivity index (χ2v) is 5.93. The average molecular weight is 331 g/mol. The highest BCUT2D eigenvalue weighted by Gasteiger charge is 2.15. The molecule has 3 rings (SSSR count). The number of hydrogen-bond donors (Lipinski definition) is 1. The molecule has 0 atom stereocenters. The molecule has 0 unspecified atom stereocenters. The molecule has 120 valence electrons. The third-order valence-corrected chi connectivity index (χ3v) is 4.29. The summed E-state index contributed by atoms with van der Waals surface area (Å²) in [5, 5.41) is 12.6. The van der Waals surface area contributed by atoms with Crippen molar-refractivity contribution >= 4 is 17.2 Å². The van der Waals surface area contributed by atoms with E-state index in [0.717, 1.165) is 17.2 Å². The number of amides is 1. The van der Waals surface area contributed by atoms with Gasteiger partial charge in [0.1, 0.15) is 12.1 Å². The molecule has 0 fully saturated rings. The number of aryl methyl sites for hydroxylation is 2. The van der Waals surface area contributed by atoms with Crippen molar-refractivity contribution in [3.05, 3.63) is 41.1 Å². The Morgan fingerprint density at radius 3 is 3.09 bits per heavy atom. The van der Waals surface area contributed by atoms with Crippen LogP contribution in [-0.4, -0.2) is 25.7 Å². The predicted molar refractivity (Wildman–Crippen MR) is 85.8 cm³/mol. The Morgan fingerprint density at radius 2 is 2.35 bits per heavy atom. The van der Waals surface area contributed by atoms with Crippen LogP contribution >= 0.6 is 11.3 Å². The van der Waals surface area contributed by atoms with Crippen LogP contribution < -0.4 is 5.32 Å². The molecule has 0 aliphatic heterocycles. The summed E-state index contributed by atoms with van der Waals surface area (Å²) >= 11 is 1.55. The fourth-order valence-electron chi connectivity index (χ4n) is 2.17. The highest BCUT2D eigenvalue weighted by molar-refractivity contribution is 7.13. The monoisotopic (exact) mass is 331 g/mol. The normalized spacial score (nSPS) is 10.9. The number of carbonyl (C=O) groups excluding carboxylic acids is 1. The van der Waals surface area contributed by atoms with Crippen LogP contribution in [0, 0.1) is 6.92 Å². The van der Waals surface area contributed by atoms with Gasteiger partial charge in [-0.2, -0.15) is 0 Å². The Bertz CT molecular complexity index is 791. The molecule has 0 bridgehead atoms. The molecule has 0 aliphatic rings. The third-order valence-electron chi connectivity index (χ3n) is 3.43. The maximum absolute atomic E-state index is 12.1. The highest BCUT2D eigenvalue weighted by atomic mass is 32.1. The first-order valence-electron chi connectivity index (χ1n) is 7.31. The van der Waals surface area contributed by atoms with E-state index in [4.69, 9.17) is 4.42 Å². The van der Waals surface area contributed by atoms with E-state index in [-0.39, 0.29) is 12.3 Å². The summed E-state index contributed by atoms with van der Waals surface area (Å²) in [4.78, 5) is 17.5. The minimum atomic E-state index is -0.121. The van der Waals surface area contributed by atoms with Crippen molar-refractivity contribution in [2.24, 2.45) is 0 Å². The van der Waals surface area contributed by atoms with E-state index < -0.39 is 0 Å². The van der Waals surface area contributed by atoms with Crippen molar-refractivity contribution < 1.29 is 9.21 Å². The molecule has 0 spiro atoms. The van der Waals surface area contributed by atoms with Crippen LogP contribution in [0.5, 0.6) is 0 Å². The smallest absolute Gasteiger partial charge is 0.236 e. The first-order valence-corrected chi connectivity index (χ1v) is 8.19. The Morgan fingerprint density at radius 1 is 1.48 bits per heavy atom. The number of rotatable bonds is 6. The molecule has 3 heterocycles. The van der Waals surface area contributed by atoms with E-state index >= 15 is 0 Å². The van der Waals surface area contributed by atoms with Gasteiger partial charge in [0, 0.05) is 6.54 Å². The molecule has 0 radical (unpaired) electrons. The van der Waals surface area contributed by atoms with Crippen molar-refractivity contribution in [3.63, 3.8) is 0 Å².